The van der Waals surface area contributed by atoms with Gasteiger partial charge in [0.1, 0.15) is 6.54 Å². The van der Waals surface area contributed by atoms with E-state index in [2.05, 4.69) is 10.00 Å². The van der Waals surface area contributed by atoms with Gasteiger partial charge in [0.25, 0.3) is 0 Å². The Labute approximate surface area is 141 Å². The molecule has 0 unspecified atom stereocenters. The van der Waals surface area contributed by atoms with Crippen molar-refractivity contribution in [1.82, 2.24) is 19.6 Å². The predicted octanol–water partition coefficient (Wildman–Crippen LogP) is 1.52. The van der Waals surface area contributed by atoms with Crippen molar-refractivity contribution in [3.8, 4) is 0 Å². The molecular formula is C16H25N5O3. The maximum Gasteiger partial charge on any atom is 0.389 e. The monoisotopic (exact) mass is 335 g/mol. The Balaban J connectivity index is 1.43. The van der Waals surface area contributed by atoms with Gasteiger partial charge in [-0.1, -0.05) is 19.3 Å². The van der Waals surface area contributed by atoms with Crippen molar-refractivity contribution in [2.45, 2.75) is 38.6 Å². The number of hydrogen-bond donors (Lipinski definition) is 0. The second kappa shape index (κ2) is 7.74. The zero-order valence-electron chi connectivity index (χ0n) is 14.0. The molecule has 0 N–H and O–H groups in total. The molecule has 2 fully saturated rings. The molecule has 0 atom stereocenters. The van der Waals surface area contributed by atoms with E-state index in [0.29, 0.717) is 0 Å². The van der Waals surface area contributed by atoms with Gasteiger partial charge in [0.15, 0.2) is 0 Å². The van der Waals surface area contributed by atoms with Gasteiger partial charge in [-0.15, -0.1) is 0 Å². The van der Waals surface area contributed by atoms with E-state index in [1.807, 2.05) is 4.90 Å². The van der Waals surface area contributed by atoms with Crippen molar-refractivity contribution in [3.63, 3.8) is 0 Å². The number of carbonyl (C=O) groups is 1. The fraction of sp³-hybridized carbons (Fsp3) is 0.750. The largest absolute Gasteiger partial charge is 0.389 e. The van der Waals surface area contributed by atoms with Crippen molar-refractivity contribution in [2.75, 3.05) is 32.7 Å². The quantitative estimate of drug-likeness (QED) is 0.601. The van der Waals surface area contributed by atoms with Crippen LogP contribution in [0.15, 0.2) is 12.3 Å². The lowest BCUT2D eigenvalue weighted by Crippen LogP contribution is -2.50. The normalized spacial score (nSPS) is 20.2. The average molecular weight is 335 g/mol. The van der Waals surface area contributed by atoms with E-state index in [9.17, 15) is 14.9 Å². The molecule has 1 saturated heterocycles. The summed E-state index contributed by atoms with van der Waals surface area (Å²) in [5, 5.41) is 14.4. The number of amides is 1. The fourth-order valence-corrected chi connectivity index (χ4v) is 3.69. The summed E-state index contributed by atoms with van der Waals surface area (Å²) in [6.07, 6.45) is 8.27. The Hall–Kier alpha value is -1.96. The van der Waals surface area contributed by atoms with Gasteiger partial charge in [0, 0.05) is 32.7 Å². The number of aromatic nitrogens is 2. The lowest BCUT2D eigenvalue weighted by molar-refractivity contribution is -0.389. The molecule has 1 amide bonds. The lowest BCUT2D eigenvalue weighted by Gasteiger charge is -2.37. The summed E-state index contributed by atoms with van der Waals surface area (Å²) in [6.45, 7) is 4.52. The molecule has 0 spiro atoms. The average Bonchev–Trinajstić information content (AvgIpc) is 3.05. The first kappa shape index (κ1) is 16.9. The summed E-state index contributed by atoms with van der Waals surface area (Å²) in [6, 6.07) is 1.31. The topological polar surface area (TPSA) is 84.5 Å². The molecule has 2 aliphatic rings. The number of rotatable bonds is 5. The zero-order chi connectivity index (χ0) is 16.9. The minimum atomic E-state index is -0.551. The molecule has 1 aromatic heterocycles. The van der Waals surface area contributed by atoms with Crippen LogP contribution in [0.2, 0.25) is 0 Å². The Kier molecular flexibility index (Phi) is 5.44. The summed E-state index contributed by atoms with van der Waals surface area (Å²) in [4.78, 5) is 26.7. The van der Waals surface area contributed by atoms with Crippen LogP contribution in [-0.2, 0) is 11.3 Å². The maximum atomic E-state index is 12.3. The predicted molar refractivity (Wildman–Crippen MR) is 88.5 cm³/mol. The van der Waals surface area contributed by atoms with Crippen molar-refractivity contribution in [1.29, 1.82) is 0 Å². The van der Waals surface area contributed by atoms with Gasteiger partial charge >= 0.3 is 5.82 Å². The number of nitro groups is 1. The van der Waals surface area contributed by atoms with Crippen LogP contribution in [0, 0.1) is 16.0 Å². The van der Waals surface area contributed by atoms with Crippen molar-refractivity contribution < 1.29 is 9.72 Å². The maximum absolute atomic E-state index is 12.3. The third-order valence-electron chi connectivity index (χ3n) is 5.08. The molecule has 8 heteroatoms. The van der Waals surface area contributed by atoms with Crippen LogP contribution in [-0.4, -0.2) is 63.1 Å². The van der Waals surface area contributed by atoms with E-state index < -0.39 is 4.92 Å². The van der Waals surface area contributed by atoms with Crippen LogP contribution in [0.5, 0.6) is 0 Å². The minimum absolute atomic E-state index is 0.0229. The molecule has 1 aromatic rings. The second-order valence-corrected chi connectivity index (χ2v) is 6.81. The lowest BCUT2D eigenvalue weighted by atomic mass is 9.89. The van der Waals surface area contributed by atoms with Crippen LogP contribution in [0.4, 0.5) is 5.82 Å². The highest BCUT2D eigenvalue weighted by molar-refractivity contribution is 5.76. The molecule has 2 heterocycles. The van der Waals surface area contributed by atoms with Crippen LogP contribution >= 0.6 is 0 Å². The molecule has 0 bridgehead atoms. The summed E-state index contributed by atoms with van der Waals surface area (Å²) >= 11 is 0. The molecule has 132 valence electrons. The van der Waals surface area contributed by atoms with Gasteiger partial charge in [-0.3, -0.25) is 9.69 Å². The zero-order valence-corrected chi connectivity index (χ0v) is 14.0. The first-order valence-corrected chi connectivity index (χ1v) is 8.80. The molecule has 0 aromatic carbocycles. The Morgan fingerprint density at radius 3 is 2.54 bits per heavy atom. The third-order valence-corrected chi connectivity index (χ3v) is 5.08. The van der Waals surface area contributed by atoms with Gasteiger partial charge in [0.2, 0.25) is 5.91 Å². The number of nitrogens with zero attached hydrogens (tertiary/aromatic N) is 5. The van der Waals surface area contributed by atoms with Gasteiger partial charge in [-0.25, -0.2) is 0 Å². The summed E-state index contributed by atoms with van der Waals surface area (Å²) < 4.78 is 1.34. The summed E-state index contributed by atoms with van der Waals surface area (Å²) in [5.74, 6) is 0.580. The molecule has 24 heavy (non-hydrogen) atoms. The molecule has 3 rings (SSSR count). The van der Waals surface area contributed by atoms with Gasteiger partial charge < -0.3 is 15.0 Å². The van der Waals surface area contributed by atoms with Crippen molar-refractivity contribution in [3.05, 3.63) is 22.4 Å². The molecular weight excluding hydrogens is 310 g/mol. The number of piperazine rings is 1. The fourth-order valence-electron chi connectivity index (χ4n) is 3.69. The molecule has 0 radical (unpaired) electrons. The summed E-state index contributed by atoms with van der Waals surface area (Å²) in [7, 11) is 0. The van der Waals surface area contributed by atoms with E-state index in [1.54, 1.807) is 0 Å². The standard InChI is InChI=1S/C16H25N5O3/c22-16(13-20-7-6-15(17-20)21(23)24)19-10-8-18(9-11-19)12-14-4-2-1-3-5-14/h6-7,14H,1-5,8-13H2. The van der Waals surface area contributed by atoms with Gasteiger partial charge in [-0.05, 0) is 23.7 Å². The van der Waals surface area contributed by atoms with Crippen LogP contribution in [0.1, 0.15) is 32.1 Å². The highest BCUT2D eigenvalue weighted by Gasteiger charge is 2.25. The summed E-state index contributed by atoms with van der Waals surface area (Å²) in [5.41, 5.74) is 0. The Bertz CT molecular complexity index is 574. The Morgan fingerprint density at radius 1 is 1.21 bits per heavy atom. The Morgan fingerprint density at radius 2 is 1.92 bits per heavy atom. The molecule has 1 aliphatic heterocycles. The SMILES string of the molecule is O=C(Cn1ccc([N+](=O)[O-])n1)N1CCN(CC2CCCCC2)CC1. The highest BCUT2D eigenvalue weighted by atomic mass is 16.6. The minimum Gasteiger partial charge on any atom is -0.358 e. The molecule has 8 nitrogen and oxygen atoms in total. The first-order valence-electron chi connectivity index (χ1n) is 8.80. The number of carbonyl (C=O) groups excluding carboxylic acids is 1. The van der Waals surface area contributed by atoms with E-state index in [0.717, 1.165) is 38.6 Å². The van der Waals surface area contributed by atoms with Crippen LogP contribution < -0.4 is 0 Å². The highest BCUT2D eigenvalue weighted by Crippen LogP contribution is 2.24. The molecule has 1 saturated carbocycles. The molecule has 1 aliphatic carbocycles. The smallest absolute Gasteiger partial charge is 0.358 e. The van der Waals surface area contributed by atoms with Gasteiger partial charge in [-0.2, -0.15) is 4.68 Å². The number of hydrogen-bond acceptors (Lipinski definition) is 5. The van der Waals surface area contributed by atoms with E-state index >= 15 is 0 Å². The van der Waals surface area contributed by atoms with E-state index in [-0.39, 0.29) is 18.3 Å². The van der Waals surface area contributed by atoms with Crippen molar-refractivity contribution >= 4 is 11.7 Å². The van der Waals surface area contributed by atoms with Crippen LogP contribution in [0.3, 0.4) is 0 Å². The van der Waals surface area contributed by atoms with Crippen molar-refractivity contribution in [2.24, 2.45) is 5.92 Å². The van der Waals surface area contributed by atoms with Crippen LogP contribution in [0.25, 0.3) is 0 Å². The second-order valence-electron chi connectivity index (χ2n) is 6.81. The third kappa shape index (κ3) is 4.31. The first-order chi connectivity index (χ1) is 11.6. The van der Waals surface area contributed by atoms with Gasteiger partial charge in [0.05, 0.1) is 17.4 Å². The van der Waals surface area contributed by atoms with E-state index in [1.165, 1.54) is 49.0 Å². The van der Waals surface area contributed by atoms with E-state index in [4.69, 9.17) is 0 Å².